The zero-order valence-corrected chi connectivity index (χ0v) is 29.4. The lowest BCUT2D eigenvalue weighted by Crippen LogP contribution is -2.33. The SMILES string of the molecule is Cc1cn([C@H]2CC(O)[C@@H](COP(=O)(O)OP(=O)(OO)OP(=O)(O)OP(=O)(O)OC[C@H]3O[C@@H](n4cnc5c(N)ncnc54)C(O)C3O)O2)c(=O)[nH]c1=O. The van der Waals surface area contributed by atoms with Crippen molar-refractivity contribution >= 4 is 48.3 Å². The number of aliphatic hydroxyl groups excluding tert-OH is 3. The van der Waals surface area contributed by atoms with Crippen LogP contribution >= 0.6 is 31.3 Å². The van der Waals surface area contributed by atoms with E-state index in [4.69, 9.17) is 20.5 Å². The fourth-order valence-corrected chi connectivity index (χ4v) is 9.94. The summed E-state index contributed by atoms with van der Waals surface area (Å²) in [5, 5.41) is 40.2. The number of phosphoric acid groups is 4. The maximum Gasteiger partial charge on any atom is 0.519 e. The second-order valence-electron chi connectivity index (χ2n) is 10.8. The van der Waals surface area contributed by atoms with Crippen LogP contribution in [0.25, 0.3) is 11.2 Å². The molecule has 11 atom stereocenters. The van der Waals surface area contributed by atoms with E-state index in [1.807, 2.05) is 4.98 Å². The van der Waals surface area contributed by atoms with Gasteiger partial charge in [0.1, 0.15) is 42.5 Å². The van der Waals surface area contributed by atoms with E-state index in [9.17, 15) is 57.8 Å². The normalized spacial score (nSPS) is 29.7. The molecular weight excluding hydrogens is 798 g/mol. The van der Waals surface area contributed by atoms with Gasteiger partial charge in [0.05, 0.1) is 25.6 Å². The summed E-state index contributed by atoms with van der Waals surface area (Å²) in [7, 11) is -23.9. The molecule has 0 aromatic carbocycles. The van der Waals surface area contributed by atoms with E-state index < -0.39 is 98.7 Å². The molecule has 290 valence electrons. The van der Waals surface area contributed by atoms with Crippen molar-refractivity contribution in [2.24, 2.45) is 0 Å². The number of aliphatic hydroxyl groups is 3. The molecule has 5 rings (SSSR count). The summed E-state index contributed by atoms with van der Waals surface area (Å²) in [6, 6.07) is 0. The Hall–Kier alpha value is -2.65. The van der Waals surface area contributed by atoms with Crippen LogP contribution in [0.4, 0.5) is 5.82 Å². The minimum atomic E-state index is -6.23. The van der Waals surface area contributed by atoms with Gasteiger partial charge in [0.15, 0.2) is 17.7 Å². The minimum absolute atomic E-state index is 0.0200. The van der Waals surface area contributed by atoms with Gasteiger partial charge < -0.3 is 45.2 Å². The number of nitrogens with one attached hydrogen (secondary N) is 1. The average molecular weight is 827 g/mol. The fourth-order valence-electron chi connectivity index (χ4n) is 4.81. The molecule has 0 saturated carbocycles. The Morgan fingerprint density at radius 2 is 1.54 bits per heavy atom. The number of H-pyrrole nitrogens is 1. The molecule has 5 heterocycles. The van der Waals surface area contributed by atoms with Gasteiger partial charge in [-0.3, -0.25) is 28.0 Å². The molecule has 0 aliphatic carbocycles. The first kappa shape index (κ1) is 40.5. The largest absolute Gasteiger partial charge is 0.519 e. The second kappa shape index (κ2) is 15.2. The Morgan fingerprint density at radius 1 is 0.904 bits per heavy atom. The number of fused-ring (bicyclic) bond motifs is 1. The Morgan fingerprint density at radius 3 is 2.21 bits per heavy atom. The molecule has 0 amide bonds. The van der Waals surface area contributed by atoms with Gasteiger partial charge in [-0.2, -0.15) is 12.9 Å². The molecule has 2 aliphatic rings. The summed E-state index contributed by atoms with van der Waals surface area (Å²) in [5.74, 6) is -0.0200. The molecule has 2 fully saturated rings. The fraction of sp³-hybridized carbons (Fsp3) is 0.550. The molecule has 32 heteroatoms. The van der Waals surface area contributed by atoms with E-state index in [0.29, 0.717) is 0 Å². The predicted octanol–water partition coefficient (Wildman–Crippen LogP) is -1.48. The maximum atomic E-state index is 12.6. The van der Waals surface area contributed by atoms with Crippen LogP contribution in [0.5, 0.6) is 0 Å². The number of anilines is 1. The third-order valence-corrected chi connectivity index (χ3v) is 13.2. The van der Waals surface area contributed by atoms with E-state index in [0.717, 1.165) is 28.0 Å². The Kier molecular flexibility index (Phi) is 11.9. The van der Waals surface area contributed by atoms with Gasteiger partial charge in [-0.25, -0.2) is 43.3 Å². The number of nitrogens with zero attached hydrogens (tertiary/aromatic N) is 5. The molecule has 52 heavy (non-hydrogen) atoms. The molecule has 2 aliphatic heterocycles. The predicted molar refractivity (Wildman–Crippen MR) is 162 cm³/mol. The number of nitrogen functional groups attached to an aromatic ring is 1. The van der Waals surface area contributed by atoms with Crippen LogP contribution in [-0.2, 0) is 54.4 Å². The quantitative estimate of drug-likeness (QED) is 0.0479. The lowest BCUT2D eigenvalue weighted by atomic mass is 10.1. The molecule has 0 spiro atoms. The first-order chi connectivity index (χ1) is 24.1. The van der Waals surface area contributed by atoms with Crippen LogP contribution < -0.4 is 17.0 Å². The summed E-state index contributed by atoms with van der Waals surface area (Å²) < 4.78 is 87.0. The van der Waals surface area contributed by atoms with Crippen LogP contribution in [0, 0.1) is 6.92 Å². The molecule has 10 N–H and O–H groups in total. The lowest BCUT2D eigenvalue weighted by Gasteiger charge is -2.22. The number of imidazole rings is 1. The second-order valence-corrected chi connectivity index (χ2v) is 17.2. The van der Waals surface area contributed by atoms with E-state index in [2.05, 4.69) is 41.6 Å². The number of phosphoric ester groups is 2. The van der Waals surface area contributed by atoms with Crippen LogP contribution in [0.3, 0.4) is 0 Å². The third kappa shape index (κ3) is 9.17. The van der Waals surface area contributed by atoms with Gasteiger partial charge in [0.2, 0.25) is 0 Å². The zero-order valence-electron chi connectivity index (χ0n) is 25.8. The molecule has 3 aromatic rings. The number of aromatic amines is 1. The third-order valence-electron chi connectivity index (χ3n) is 7.18. The summed E-state index contributed by atoms with van der Waals surface area (Å²) in [6.45, 7) is -0.795. The summed E-state index contributed by atoms with van der Waals surface area (Å²) >= 11 is 0. The van der Waals surface area contributed by atoms with Gasteiger partial charge in [-0.15, -0.1) is 4.67 Å². The first-order valence-corrected chi connectivity index (χ1v) is 20.0. The van der Waals surface area contributed by atoms with Crippen molar-refractivity contribution in [1.29, 1.82) is 0 Å². The summed E-state index contributed by atoms with van der Waals surface area (Å²) in [4.78, 5) is 67.3. The highest BCUT2D eigenvalue weighted by Crippen LogP contribution is 2.73. The van der Waals surface area contributed by atoms with Crippen molar-refractivity contribution in [2.75, 3.05) is 18.9 Å². The molecule has 7 unspecified atom stereocenters. The van der Waals surface area contributed by atoms with Crippen LogP contribution in [0.2, 0.25) is 0 Å². The molecule has 0 bridgehead atoms. The van der Waals surface area contributed by atoms with Crippen molar-refractivity contribution < 1.29 is 89.6 Å². The van der Waals surface area contributed by atoms with Crippen molar-refractivity contribution in [3.8, 4) is 0 Å². The Balaban J connectivity index is 1.15. The van der Waals surface area contributed by atoms with Gasteiger partial charge in [0.25, 0.3) is 5.56 Å². The molecular formula is C20H29N7O21P4. The van der Waals surface area contributed by atoms with Gasteiger partial charge in [0, 0.05) is 18.2 Å². The average Bonchev–Trinajstić information content (AvgIpc) is 3.71. The van der Waals surface area contributed by atoms with E-state index in [1.165, 1.54) is 6.92 Å². The van der Waals surface area contributed by atoms with Gasteiger partial charge in [-0.1, -0.05) is 0 Å². The van der Waals surface area contributed by atoms with Gasteiger partial charge >= 0.3 is 37.0 Å². The maximum absolute atomic E-state index is 12.6. The van der Waals surface area contributed by atoms with Crippen molar-refractivity contribution in [2.45, 2.75) is 56.3 Å². The number of aromatic nitrogens is 6. The highest BCUT2D eigenvalue weighted by molar-refractivity contribution is 7.70. The number of rotatable bonds is 15. The highest BCUT2D eigenvalue weighted by Gasteiger charge is 2.50. The van der Waals surface area contributed by atoms with E-state index >= 15 is 0 Å². The molecule has 3 aromatic heterocycles. The van der Waals surface area contributed by atoms with Crippen LogP contribution in [-0.4, -0.2) is 108 Å². The number of hydrogen-bond acceptors (Lipinski definition) is 22. The highest BCUT2D eigenvalue weighted by atomic mass is 31.3. The number of nitrogens with two attached hydrogens (primary N) is 1. The van der Waals surface area contributed by atoms with Crippen molar-refractivity contribution in [3.63, 3.8) is 0 Å². The van der Waals surface area contributed by atoms with E-state index in [-0.39, 0.29) is 29.0 Å². The molecule has 28 nitrogen and oxygen atoms in total. The summed E-state index contributed by atoms with van der Waals surface area (Å²) in [6.07, 6.45) is -7.63. The smallest absolute Gasteiger partial charge is 0.390 e. The summed E-state index contributed by atoms with van der Waals surface area (Å²) in [5.41, 5.74) is 4.43. The van der Waals surface area contributed by atoms with Crippen molar-refractivity contribution in [1.82, 2.24) is 29.1 Å². The number of hydrogen-bond donors (Lipinski definition) is 9. The Labute approximate surface area is 287 Å². The zero-order chi connectivity index (χ0) is 38.4. The molecule has 2 saturated heterocycles. The molecule has 0 radical (unpaired) electrons. The van der Waals surface area contributed by atoms with Crippen LogP contribution in [0.15, 0.2) is 28.4 Å². The standard InChI is InChI=1S/C20H29N7O21P4/c1-8-3-26(20(32)25-18(8)31)12-2-9(28)10(43-12)4-41-50(36,37)47-52(40,45-33)48-51(38,39)46-49(34,35)42-5-11-14(29)15(30)19(44-11)27-7-24-13-16(21)22-6-23-17(13)27/h3,6-7,9-12,14-15,19,28-30,33H,2,4-5H2,1H3,(H,34,35)(H,36,37)(H,38,39)(H2,21,22,23)(H,25,31,32)/t9?,10-,11-,12-,14?,15?,19-,52?/m1/s1. The Bertz CT molecular complexity index is 2110. The number of aryl methyl sites for hydroxylation is 1. The lowest BCUT2D eigenvalue weighted by molar-refractivity contribution is -0.156. The number of ether oxygens (including phenoxy) is 2. The first-order valence-electron chi connectivity index (χ1n) is 14.1. The monoisotopic (exact) mass is 827 g/mol. The van der Waals surface area contributed by atoms with E-state index in [1.54, 1.807) is 0 Å². The van der Waals surface area contributed by atoms with Crippen molar-refractivity contribution in [3.05, 3.63) is 45.3 Å². The minimum Gasteiger partial charge on any atom is -0.390 e. The topological polar surface area (TPSA) is 408 Å². The van der Waals surface area contributed by atoms with Gasteiger partial charge in [-0.05, 0) is 6.92 Å². The van der Waals surface area contributed by atoms with Crippen LogP contribution in [0.1, 0.15) is 24.4 Å².